The van der Waals surface area contributed by atoms with Crippen LogP contribution in [0.5, 0.6) is 0 Å². The van der Waals surface area contributed by atoms with Crippen molar-refractivity contribution in [3.8, 4) is 0 Å². The molecule has 0 aliphatic rings. The van der Waals surface area contributed by atoms with Crippen molar-refractivity contribution < 1.29 is 35.7 Å². The number of carbonyl (C=O) groups is 1. The molecule has 72 valence electrons. The summed E-state index contributed by atoms with van der Waals surface area (Å²) in [7, 11) is 0. The molecule has 0 fully saturated rings. The van der Waals surface area contributed by atoms with E-state index < -0.39 is 0 Å². The molecule has 0 saturated heterocycles. The molecule has 1 N–H and O–H groups in total. The number of aliphatic hydroxyl groups is 1. The number of rotatable bonds is 4. The average Bonchev–Trinajstić information content (AvgIpc) is 1.87. The minimum absolute atomic E-state index is 0. The SMILES string of the molecule is CC(C)C(C)OC(=O)CCO.[W]. The minimum Gasteiger partial charge on any atom is -0.462 e. The molecular weight excluding hydrogens is 328 g/mol. The topological polar surface area (TPSA) is 46.5 Å². The van der Waals surface area contributed by atoms with Gasteiger partial charge in [0.2, 0.25) is 0 Å². The quantitative estimate of drug-likeness (QED) is 0.773. The fraction of sp³-hybridized carbons (Fsp3) is 0.875. The van der Waals surface area contributed by atoms with Crippen molar-refractivity contribution in [3.63, 3.8) is 0 Å². The van der Waals surface area contributed by atoms with E-state index >= 15 is 0 Å². The molecule has 0 aromatic heterocycles. The summed E-state index contributed by atoms with van der Waals surface area (Å²) in [4.78, 5) is 10.8. The van der Waals surface area contributed by atoms with Crippen molar-refractivity contribution in [2.24, 2.45) is 5.92 Å². The second-order valence-electron chi connectivity index (χ2n) is 2.91. The van der Waals surface area contributed by atoms with Gasteiger partial charge in [-0.15, -0.1) is 0 Å². The molecule has 0 aliphatic carbocycles. The van der Waals surface area contributed by atoms with E-state index in [9.17, 15) is 4.79 Å². The zero-order valence-electron chi connectivity index (χ0n) is 7.74. The summed E-state index contributed by atoms with van der Waals surface area (Å²) < 4.78 is 4.95. The van der Waals surface area contributed by atoms with E-state index in [0.717, 1.165) is 0 Å². The largest absolute Gasteiger partial charge is 0.462 e. The summed E-state index contributed by atoms with van der Waals surface area (Å²) in [6.07, 6.45) is 0.0332. The first-order valence-corrected chi connectivity index (χ1v) is 3.88. The number of hydrogen-bond donors (Lipinski definition) is 1. The Balaban J connectivity index is 0. The molecular formula is C8H16O3W. The molecule has 0 aromatic rings. The van der Waals surface area contributed by atoms with Gasteiger partial charge in [0.25, 0.3) is 0 Å². The summed E-state index contributed by atoms with van der Waals surface area (Å²) in [6.45, 7) is 5.68. The van der Waals surface area contributed by atoms with E-state index in [1.54, 1.807) is 0 Å². The second kappa shape index (κ2) is 7.75. The first-order valence-electron chi connectivity index (χ1n) is 3.88. The van der Waals surface area contributed by atoms with E-state index in [1.807, 2.05) is 20.8 Å². The van der Waals surface area contributed by atoms with Gasteiger partial charge in [0, 0.05) is 21.1 Å². The van der Waals surface area contributed by atoms with Crippen LogP contribution in [0.1, 0.15) is 27.2 Å². The maximum atomic E-state index is 10.8. The zero-order valence-corrected chi connectivity index (χ0v) is 10.7. The first kappa shape index (κ1) is 14.6. The van der Waals surface area contributed by atoms with Crippen molar-refractivity contribution in [2.45, 2.75) is 33.3 Å². The van der Waals surface area contributed by atoms with Crippen molar-refractivity contribution in [1.82, 2.24) is 0 Å². The summed E-state index contributed by atoms with van der Waals surface area (Å²) in [5.41, 5.74) is 0. The second-order valence-corrected chi connectivity index (χ2v) is 2.91. The Labute approximate surface area is 87.8 Å². The molecule has 0 aliphatic heterocycles. The van der Waals surface area contributed by atoms with Crippen LogP contribution in [0.4, 0.5) is 0 Å². The molecule has 0 bridgehead atoms. The third-order valence-electron chi connectivity index (χ3n) is 1.57. The molecule has 12 heavy (non-hydrogen) atoms. The zero-order chi connectivity index (χ0) is 8.85. The summed E-state index contributed by atoms with van der Waals surface area (Å²) >= 11 is 0. The molecule has 0 radical (unpaired) electrons. The van der Waals surface area contributed by atoms with Crippen LogP contribution in [0.3, 0.4) is 0 Å². The molecule has 0 aromatic carbocycles. The molecule has 0 saturated carbocycles. The van der Waals surface area contributed by atoms with E-state index in [2.05, 4.69) is 0 Å². The monoisotopic (exact) mass is 344 g/mol. The van der Waals surface area contributed by atoms with E-state index in [0.29, 0.717) is 5.92 Å². The Morgan fingerprint density at radius 3 is 2.25 bits per heavy atom. The van der Waals surface area contributed by atoms with Gasteiger partial charge >= 0.3 is 5.97 Å². The Morgan fingerprint density at radius 1 is 1.42 bits per heavy atom. The normalized spacial score (nSPS) is 12.1. The minimum atomic E-state index is -0.325. The fourth-order valence-electron chi connectivity index (χ4n) is 0.494. The van der Waals surface area contributed by atoms with Crippen LogP contribution in [0, 0.1) is 5.92 Å². The predicted octanol–water partition coefficient (Wildman–Crippen LogP) is 0.954. The van der Waals surface area contributed by atoms with Gasteiger partial charge < -0.3 is 9.84 Å². The number of esters is 1. The van der Waals surface area contributed by atoms with Crippen LogP contribution in [0.25, 0.3) is 0 Å². The molecule has 0 spiro atoms. The summed E-state index contributed by atoms with van der Waals surface area (Å²) in [5, 5.41) is 8.39. The number of hydrogen-bond acceptors (Lipinski definition) is 3. The van der Waals surface area contributed by atoms with E-state index in [4.69, 9.17) is 9.84 Å². The van der Waals surface area contributed by atoms with Crippen LogP contribution in [-0.2, 0) is 30.6 Å². The molecule has 1 unspecified atom stereocenters. The summed E-state index contributed by atoms with van der Waals surface area (Å²) in [6, 6.07) is 0. The van der Waals surface area contributed by atoms with Crippen LogP contribution in [0.15, 0.2) is 0 Å². The first-order chi connectivity index (χ1) is 5.07. The molecule has 1 atom stereocenters. The van der Waals surface area contributed by atoms with Crippen LogP contribution in [-0.4, -0.2) is 23.8 Å². The maximum Gasteiger partial charge on any atom is 0.308 e. The van der Waals surface area contributed by atoms with Crippen molar-refractivity contribution >= 4 is 5.97 Å². The van der Waals surface area contributed by atoms with Gasteiger partial charge in [-0.25, -0.2) is 0 Å². The fourth-order valence-corrected chi connectivity index (χ4v) is 0.494. The summed E-state index contributed by atoms with van der Waals surface area (Å²) in [5.74, 6) is 0.00587. The van der Waals surface area contributed by atoms with Crippen molar-refractivity contribution in [3.05, 3.63) is 0 Å². The van der Waals surface area contributed by atoms with Gasteiger partial charge in [-0.2, -0.15) is 0 Å². The van der Waals surface area contributed by atoms with Gasteiger partial charge in [-0.3, -0.25) is 4.79 Å². The van der Waals surface area contributed by atoms with Crippen LogP contribution in [0.2, 0.25) is 0 Å². The number of aliphatic hydroxyl groups excluding tert-OH is 1. The number of ether oxygens (including phenoxy) is 1. The molecule has 0 amide bonds. The Morgan fingerprint density at radius 2 is 1.92 bits per heavy atom. The predicted molar refractivity (Wildman–Crippen MR) is 42.1 cm³/mol. The third-order valence-corrected chi connectivity index (χ3v) is 1.57. The Kier molecular flexibility index (Phi) is 9.45. The van der Waals surface area contributed by atoms with Crippen molar-refractivity contribution in [1.29, 1.82) is 0 Å². The molecule has 0 heterocycles. The van der Waals surface area contributed by atoms with Crippen LogP contribution < -0.4 is 0 Å². The van der Waals surface area contributed by atoms with E-state index in [-0.39, 0.29) is 46.2 Å². The molecule has 3 nitrogen and oxygen atoms in total. The number of carbonyl (C=O) groups excluding carboxylic acids is 1. The maximum absolute atomic E-state index is 10.8. The molecule has 0 rings (SSSR count). The van der Waals surface area contributed by atoms with Gasteiger partial charge in [0.15, 0.2) is 0 Å². The van der Waals surface area contributed by atoms with Gasteiger partial charge in [-0.05, 0) is 12.8 Å². The van der Waals surface area contributed by atoms with Gasteiger partial charge in [0.05, 0.1) is 13.0 Å². The van der Waals surface area contributed by atoms with Gasteiger partial charge in [0.1, 0.15) is 6.10 Å². The van der Waals surface area contributed by atoms with Gasteiger partial charge in [-0.1, -0.05) is 13.8 Å². The van der Waals surface area contributed by atoms with Crippen LogP contribution >= 0.6 is 0 Å². The smallest absolute Gasteiger partial charge is 0.308 e. The Hall–Kier alpha value is 0.118. The van der Waals surface area contributed by atoms with E-state index in [1.165, 1.54) is 0 Å². The average molecular weight is 344 g/mol. The third kappa shape index (κ3) is 6.81. The molecule has 4 heteroatoms. The standard InChI is InChI=1S/C8H16O3.W/c1-6(2)7(3)11-8(10)4-5-9;/h6-7,9H,4-5H2,1-3H3;. The van der Waals surface area contributed by atoms with Crippen molar-refractivity contribution in [2.75, 3.05) is 6.61 Å². The Bertz CT molecular complexity index is 125.